The summed E-state index contributed by atoms with van der Waals surface area (Å²) in [6, 6.07) is 7.52. The van der Waals surface area contributed by atoms with Crippen LogP contribution in [0.25, 0.3) is 0 Å². The minimum atomic E-state index is -0.584. The normalized spacial score (nSPS) is 26.5. The van der Waals surface area contributed by atoms with E-state index in [-0.39, 0.29) is 17.6 Å². The molecule has 1 aromatic carbocycles. The van der Waals surface area contributed by atoms with Crippen molar-refractivity contribution in [3.8, 4) is 0 Å². The third-order valence-corrected chi connectivity index (χ3v) is 5.47. The van der Waals surface area contributed by atoms with Crippen molar-refractivity contribution in [2.24, 2.45) is 0 Å². The highest BCUT2D eigenvalue weighted by atomic mass is 16.6. The second-order valence-electron chi connectivity index (χ2n) is 8.82. The van der Waals surface area contributed by atoms with Crippen LogP contribution < -0.4 is 10.6 Å². The monoisotopic (exact) mass is 373 g/mol. The minimum absolute atomic E-state index is 0.0730. The van der Waals surface area contributed by atoms with Crippen LogP contribution in [0.5, 0.6) is 0 Å². The highest BCUT2D eigenvalue weighted by Gasteiger charge is 2.53. The molecule has 2 N–H and O–H groups in total. The summed E-state index contributed by atoms with van der Waals surface area (Å²) in [5, 5.41) is 6.58. The molecule has 0 aliphatic carbocycles. The van der Waals surface area contributed by atoms with Gasteiger partial charge in [-0.1, -0.05) is 12.1 Å². The molecule has 3 aliphatic rings. The van der Waals surface area contributed by atoms with E-state index in [1.165, 1.54) is 0 Å². The Bertz CT molecular complexity index is 765. The number of nitrogens with one attached hydrogen (secondary N) is 2. The van der Waals surface area contributed by atoms with E-state index in [9.17, 15) is 9.59 Å². The van der Waals surface area contributed by atoms with E-state index in [1.54, 1.807) is 4.90 Å². The first kappa shape index (κ1) is 18.1. The number of carbonyl (C=O) groups is 2. The van der Waals surface area contributed by atoms with Crippen LogP contribution in [0.3, 0.4) is 0 Å². The molecule has 7 nitrogen and oxygen atoms in total. The SMILES string of the molecule is CC(C)(C)OC(=O)N1CCC2(CC1)CC1(CO2)NC(=O)c2ccccc2N1. The molecule has 0 radical (unpaired) electrons. The molecular weight excluding hydrogens is 346 g/mol. The summed E-state index contributed by atoms with van der Waals surface area (Å²) in [5.74, 6) is -0.0730. The van der Waals surface area contributed by atoms with E-state index >= 15 is 0 Å². The van der Waals surface area contributed by atoms with Gasteiger partial charge in [0, 0.05) is 25.2 Å². The zero-order valence-corrected chi connectivity index (χ0v) is 16.1. The lowest BCUT2D eigenvalue weighted by Gasteiger charge is -2.41. The average molecular weight is 373 g/mol. The van der Waals surface area contributed by atoms with Crippen molar-refractivity contribution in [1.29, 1.82) is 0 Å². The van der Waals surface area contributed by atoms with E-state index in [0.29, 0.717) is 31.7 Å². The average Bonchev–Trinajstić information content (AvgIpc) is 2.91. The van der Waals surface area contributed by atoms with Crippen LogP contribution in [-0.4, -0.2) is 53.5 Å². The fourth-order valence-corrected chi connectivity index (χ4v) is 4.20. The Hall–Kier alpha value is -2.28. The van der Waals surface area contributed by atoms with E-state index in [4.69, 9.17) is 9.47 Å². The number of fused-ring (bicyclic) bond motifs is 1. The maximum absolute atomic E-state index is 12.5. The molecule has 27 heavy (non-hydrogen) atoms. The number of rotatable bonds is 0. The molecule has 2 amide bonds. The molecule has 4 rings (SSSR count). The largest absolute Gasteiger partial charge is 0.444 e. The van der Waals surface area contributed by atoms with Gasteiger partial charge in [0.05, 0.1) is 17.8 Å². The molecule has 2 saturated heterocycles. The Morgan fingerprint density at radius 3 is 2.59 bits per heavy atom. The Balaban J connectivity index is 1.42. The highest BCUT2D eigenvalue weighted by molar-refractivity contribution is 6.02. The number of anilines is 1. The van der Waals surface area contributed by atoms with Gasteiger partial charge in [0.1, 0.15) is 11.3 Å². The van der Waals surface area contributed by atoms with Crippen LogP contribution in [0.2, 0.25) is 0 Å². The molecule has 0 bridgehead atoms. The van der Waals surface area contributed by atoms with Crippen molar-refractivity contribution in [2.75, 3.05) is 25.0 Å². The van der Waals surface area contributed by atoms with Crippen LogP contribution in [0.4, 0.5) is 10.5 Å². The van der Waals surface area contributed by atoms with Crippen LogP contribution in [0, 0.1) is 0 Å². The summed E-state index contributed by atoms with van der Waals surface area (Å²) >= 11 is 0. The van der Waals surface area contributed by atoms with Gasteiger partial charge in [-0.05, 0) is 45.7 Å². The Morgan fingerprint density at radius 1 is 1.19 bits per heavy atom. The Kier molecular flexibility index (Phi) is 4.10. The molecule has 1 unspecified atom stereocenters. The molecule has 3 heterocycles. The second-order valence-corrected chi connectivity index (χ2v) is 8.82. The molecule has 1 atom stereocenters. The van der Waals surface area contributed by atoms with Gasteiger partial charge < -0.3 is 25.0 Å². The number of benzene rings is 1. The van der Waals surface area contributed by atoms with E-state index in [2.05, 4.69) is 10.6 Å². The minimum Gasteiger partial charge on any atom is -0.444 e. The van der Waals surface area contributed by atoms with Crippen LogP contribution in [-0.2, 0) is 9.47 Å². The first-order valence-electron chi connectivity index (χ1n) is 9.51. The third-order valence-electron chi connectivity index (χ3n) is 5.47. The van der Waals surface area contributed by atoms with E-state index in [1.807, 2.05) is 45.0 Å². The number of piperidine rings is 1. The van der Waals surface area contributed by atoms with E-state index in [0.717, 1.165) is 18.5 Å². The van der Waals surface area contributed by atoms with Gasteiger partial charge in [0.2, 0.25) is 0 Å². The number of para-hydroxylation sites is 1. The lowest BCUT2D eigenvalue weighted by atomic mass is 9.84. The van der Waals surface area contributed by atoms with Crippen molar-refractivity contribution in [3.05, 3.63) is 29.8 Å². The zero-order valence-electron chi connectivity index (χ0n) is 16.1. The second kappa shape index (κ2) is 6.12. The number of hydrogen-bond donors (Lipinski definition) is 2. The Morgan fingerprint density at radius 2 is 1.89 bits per heavy atom. The molecule has 2 spiro atoms. The number of hydrogen-bond acceptors (Lipinski definition) is 5. The fraction of sp³-hybridized carbons (Fsp3) is 0.600. The summed E-state index contributed by atoms with van der Waals surface area (Å²) in [4.78, 5) is 26.5. The summed E-state index contributed by atoms with van der Waals surface area (Å²) in [7, 11) is 0. The van der Waals surface area contributed by atoms with Gasteiger partial charge in [-0.15, -0.1) is 0 Å². The lowest BCUT2D eigenvalue weighted by molar-refractivity contribution is -0.0488. The molecule has 0 saturated carbocycles. The van der Waals surface area contributed by atoms with Crippen LogP contribution in [0.1, 0.15) is 50.4 Å². The molecule has 146 valence electrons. The molecule has 3 aliphatic heterocycles. The van der Waals surface area contributed by atoms with Crippen molar-refractivity contribution in [3.63, 3.8) is 0 Å². The highest BCUT2D eigenvalue weighted by Crippen LogP contribution is 2.43. The predicted octanol–water partition coefficient (Wildman–Crippen LogP) is 2.73. The summed E-state index contributed by atoms with van der Waals surface area (Å²) in [6.45, 7) is 7.21. The number of nitrogens with zero attached hydrogens (tertiary/aromatic N) is 1. The van der Waals surface area contributed by atoms with E-state index < -0.39 is 11.3 Å². The first-order valence-corrected chi connectivity index (χ1v) is 9.51. The third kappa shape index (κ3) is 3.48. The number of carbonyl (C=O) groups excluding carboxylic acids is 2. The quantitative estimate of drug-likeness (QED) is 0.731. The predicted molar refractivity (Wildman–Crippen MR) is 101 cm³/mol. The number of likely N-dealkylation sites (tertiary alicyclic amines) is 1. The lowest BCUT2D eigenvalue weighted by Crippen LogP contribution is -2.59. The van der Waals surface area contributed by atoms with Crippen molar-refractivity contribution in [2.45, 2.75) is 56.9 Å². The van der Waals surface area contributed by atoms with Crippen LogP contribution in [0.15, 0.2) is 24.3 Å². The van der Waals surface area contributed by atoms with Crippen molar-refractivity contribution < 1.29 is 19.1 Å². The summed E-state index contributed by atoms with van der Waals surface area (Å²) in [5.41, 5.74) is 0.0888. The van der Waals surface area contributed by atoms with Gasteiger partial charge in [-0.2, -0.15) is 0 Å². The van der Waals surface area contributed by atoms with Gasteiger partial charge in [0.15, 0.2) is 0 Å². The van der Waals surface area contributed by atoms with Gasteiger partial charge in [-0.25, -0.2) is 4.79 Å². The van der Waals surface area contributed by atoms with Gasteiger partial charge in [0.25, 0.3) is 5.91 Å². The standard InChI is InChI=1S/C20H27N3O4/c1-18(2,3)27-17(25)23-10-8-19(9-11-23)12-20(13-26-19)21-15-7-5-4-6-14(15)16(24)22-20/h4-7,21H,8-13H2,1-3H3,(H,22,24). The molecule has 1 aromatic rings. The summed E-state index contributed by atoms with van der Waals surface area (Å²) in [6.07, 6.45) is 1.87. The number of amides is 2. The summed E-state index contributed by atoms with van der Waals surface area (Å²) < 4.78 is 11.7. The smallest absolute Gasteiger partial charge is 0.410 e. The van der Waals surface area contributed by atoms with Gasteiger partial charge in [-0.3, -0.25) is 4.79 Å². The van der Waals surface area contributed by atoms with Crippen molar-refractivity contribution >= 4 is 17.7 Å². The molecule has 2 fully saturated rings. The molecule has 0 aromatic heterocycles. The fourth-order valence-electron chi connectivity index (χ4n) is 4.20. The topological polar surface area (TPSA) is 79.9 Å². The van der Waals surface area contributed by atoms with Crippen molar-refractivity contribution in [1.82, 2.24) is 10.2 Å². The Labute approximate surface area is 159 Å². The molecule has 7 heteroatoms. The van der Waals surface area contributed by atoms with Crippen LogP contribution >= 0.6 is 0 Å². The molecular formula is C20H27N3O4. The maximum atomic E-state index is 12.5. The maximum Gasteiger partial charge on any atom is 0.410 e. The zero-order chi connectivity index (χ0) is 19.3. The number of ether oxygens (including phenoxy) is 2. The first-order chi connectivity index (χ1) is 12.7. The van der Waals surface area contributed by atoms with Gasteiger partial charge >= 0.3 is 6.09 Å².